The van der Waals surface area contributed by atoms with Crippen LogP contribution in [0.25, 0.3) is 0 Å². The molecule has 20 heavy (non-hydrogen) atoms. The second-order valence-electron chi connectivity index (χ2n) is 6.57. The van der Waals surface area contributed by atoms with Crippen molar-refractivity contribution < 1.29 is 4.74 Å². The molecule has 0 bridgehead atoms. The molecule has 4 heteroatoms. The zero-order valence-corrected chi connectivity index (χ0v) is 13.9. The molecular weight excluding hydrogens is 250 g/mol. The van der Waals surface area contributed by atoms with Gasteiger partial charge in [0.1, 0.15) is 0 Å². The summed E-state index contributed by atoms with van der Waals surface area (Å²) in [7, 11) is 3.82. The molecule has 2 atom stereocenters. The average Bonchev–Trinajstić information content (AvgIpc) is 2.77. The molecule has 0 aliphatic rings. The minimum atomic E-state index is 0.132. The molecule has 0 saturated heterocycles. The SMILES string of the molecule is CCCNC(CCc1ccnn1C)C(OC)C(C)(C)C. The smallest absolute Gasteiger partial charge is 0.0772 e. The van der Waals surface area contributed by atoms with Crippen LogP contribution in [0.15, 0.2) is 12.3 Å². The van der Waals surface area contributed by atoms with E-state index in [0.717, 1.165) is 25.8 Å². The zero-order valence-electron chi connectivity index (χ0n) is 13.9. The van der Waals surface area contributed by atoms with E-state index in [1.165, 1.54) is 5.69 Å². The lowest BCUT2D eigenvalue weighted by molar-refractivity contribution is -0.0130. The molecule has 1 aromatic rings. The maximum atomic E-state index is 5.79. The molecule has 116 valence electrons. The Labute approximate surface area is 123 Å². The first-order valence-electron chi connectivity index (χ1n) is 7.63. The van der Waals surface area contributed by atoms with E-state index in [1.807, 2.05) is 25.0 Å². The molecule has 0 aliphatic carbocycles. The Morgan fingerprint density at radius 2 is 2.10 bits per heavy atom. The Bertz CT molecular complexity index is 381. The fourth-order valence-electron chi connectivity index (χ4n) is 2.76. The summed E-state index contributed by atoms with van der Waals surface area (Å²) in [6.07, 6.45) is 5.30. The number of aromatic nitrogens is 2. The third-order valence-corrected chi connectivity index (χ3v) is 3.76. The number of nitrogens with one attached hydrogen (secondary N) is 1. The van der Waals surface area contributed by atoms with Gasteiger partial charge in [-0.05, 0) is 37.3 Å². The Balaban J connectivity index is 2.70. The summed E-state index contributed by atoms with van der Waals surface area (Å²) in [5.41, 5.74) is 1.41. The summed E-state index contributed by atoms with van der Waals surface area (Å²) in [5, 5.41) is 7.89. The van der Waals surface area contributed by atoms with E-state index in [0.29, 0.717) is 6.04 Å². The highest BCUT2D eigenvalue weighted by molar-refractivity contribution is 5.01. The monoisotopic (exact) mass is 281 g/mol. The molecule has 0 aliphatic heterocycles. The number of hydrogen-bond acceptors (Lipinski definition) is 3. The van der Waals surface area contributed by atoms with Gasteiger partial charge in [-0.2, -0.15) is 5.10 Å². The van der Waals surface area contributed by atoms with Crippen molar-refractivity contribution in [2.24, 2.45) is 12.5 Å². The van der Waals surface area contributed by atoms with Crippen LogP contribution in [0.5, 0.6) is 0 Å². The molecule has 1 rings (SSSR count). The van der Waals surface area contributed by atoms with Gasteiger partial charge in [-0.15, -0.1) is 0 Å². The predicted octanol–water partition coefficient (Wildman–Crippen LogP) is 2.78. The molecule has 0 radical (unpaired) electrons. The van der Waals surface area contributed by atoms with E-state index < -0.39 is 0 Å². The van der Waals surface area contributed by atoms with E-state index in [9.17, 15) is 0 Å². The summed E-state index contributed by atoms with van der Waals surface area (Å²) in [6.45, 7) is 9.96. The topological polar surface area (TPSA) is 39.1 Å². The van der Waals surface area contributed by atoms with Crippen molar-refractivity contribution in [3.63, 3.8) is 0 Å². The Kier molecular flexibility index (Phi) is 6.69. The number of ether oxygens (including phenoxy) is 1. The fraction of sp³-hybridized carbons (Fsp3) is 0.812. The lowest BCUT2D eigenvalue weighted by atomic mass is 9.82. The highest BCUT2D eigenvalue weighted by Gasteiger charge is 2.31. The molecule has 0 fully saturated rings. The second-order valence-corrected chi connectivity index (χ2v) is 6.57. The van der Waals surface area contributed by atoms with Gasteiger partial charge in [0.2, 0.25) is 0 Å². The van der Waals surface area contributed by atoms with Crippen molar-refractivity contribution in [1.82, 2.24) is 15.1 Å². The predicted molar refractivity (Wildman–Crippen MR) is 83.9 cm³/mol. The zero-order chi connectivity index (χ0) is 15.2. The van der Waals surface area contributed by atoms with Crippen molar-refractivity contribution in [1.29, 1.82) is 0 Å². The van der Waals surface area contributed by atoms with Crippen LogP contribution in [0.4, 0.5) is 0 Å². The van der Waals surface area contributed by atoms with Crippen LogP contribution in [0.2, 0.25) is 0 Å². The fourth-order valence-corrected chi connectivity index (χ4v) is 2.76. The highest BCUT2D eigenvalue weighted by Crippen LogP contribution is 2.26. The van der Waals surface area contributed by atoms with E-state index in [2.05, 4.69) is 44.2 Å². The van der Waals surface area contributed by atoms with Gasteiger partial charge in [-0.3, -0.25) is 4.68 Å². The van der Waals surface area contributed by atoms with Crippen molar-refractivity contribution in [3.05, 3.63) is 18.0 Å². The number of rotatable bonds is 8. The normalized spacial score (nSPS) is 15.3. The van der Waals surface area contributed by atoms with Crippen LogP contribution >= 0.6 is 0 Å². The van der Waals surface area contributed by atoms with Crippen LogP contribution < -0.4 is 5.32 Å². The van der Waals surface area contributed by atoms with Gasteiger partial charge in [-0.25, -0.2) is 0 Å². The van der Waals surface area contributed by atoms with Gasteiger partial charge in [0.25, 0.3) is 0 Å². The maximum absolute atomic E-state index is 5.79. The quantitative estimate of drug-likeness (QED) is 0.796. The third kappa shape index (κ3) is 4.91. The first-order chi connectivity index (χ1) is 9.40. The van der Waals surface area contributed by atoms with E-state index in [4.69, 9.17) is 4.74 Å². The summed E-state index contributed by atoms with van der Waals surface area (Å²) in [5.74, 6) is 0. The molecule has 0 spiro atoms. The highest BCUT2D eigenvalue weighted by atomic mass is 16.5. The van der Waals surface area contributed by atoms with Crippen molar-refractivity contribution in [2.45, 2.75) is 59.1 Å². The Hall–Kier alpha value is -0.870. The van der Waals surface area contributed by atoms with Crippen molar-refractivity contribution in [3.8, 4) is 0 Å². The second kappa shape index (κ2) is 7.79. The molecule has 1 aromatic heterocycles. The summed E-state index contributed by atoms with van der Waals surface area (Å²) >= 11 is 0. The van der Waals surface area contributed by atoms with E-state index >= 15 is 0 Å². The molecular formula is C16H31N3O. The number of nitrogens with zero attached hydrogens (tertiary/aromatic N) is 2. The van der Waals surface area contributed by atoms with Crippen LogP contribution in [0, 0.1) is 5.41 Å². The molecule has 4 nitrogen and oxygen atoms in total. The van der Waals surface area contributed by atoms with Crippen molar-refractivity contribution in [2.75, 3.05) is 13.7 Å². The maximum Gasteiger partial charge on any atom is 0.0772 e. The molecule has 2 unspecified atom stereocenters. The lowest BCUT2D eigenvalue weighted by Crippen LogP contribution is -2.48. The summed E-state index contributed by atoms with van der Waals surface area (Å²) < 4.78 is 7.74. The summed E-state index contributed by atoms with van der Waals surface area (Å²) in [6, 6.07) is 2.46. The van der Waals surface area contributed by atoms with Gasteiger partial charge < -0.3 is 10.1 Å². The molecule has 0 amide bonds. The minimum absolute atomic E-state index is 0.132. The van der Waals surface area contributed by atoms with Crippen LogP contribution in [-0.2, 0) is 18.2 Å². The average molecular weight is 281 g/mol. The molecule has 0 aromatic carbocycles. The molecule has 1 heterocycles. The molecule has 0 saturated carbocycles. The lowest BCUT2D eigenvalue weighted by Gasteiger charge is -2.36. The first-order valence-corrected chi connectivity index (χ1v) is 7.63. The van der Waals surface area contributed by atoms with Crippen LogP contribution in [0.3, 0.4) is 0 Å². The van der Waals surface area contributed by atoms with Gasteiger partial charge in [0.05, 0.1) is 6.10 Å². The van der Waals surface area contributed by atoms with E-state index in [-0.39, 0.29) is 11.5 Å². The molecule has 1 N–H and O–H groups in total. The van der Waals surface area contributed by atoms with Gasteiger partial charge in [0, 0.05) is 32.1 Å². The van der Waals surface area contributed by atoms with Crippen LogP contribution in [0.1, 0.15) is 46.2 Å². The minimum Gasteiger partial charge on any atom is -0.379 e. The number of aryl methyl sites for hydroxylation is 2. The van der Waals surface area contributed by atoms with Gasteiger partial charge in [0.15, 0.2) is 0 Å². The van der Waals surface area contributed by atoms with Gasteiger partial charge >= 0.3 is 0 Å². The Morgan fingerprint density at radius 1 is 1.40 bits per heavy atom. The largest absolute Gasteiger partial charge is 0.379 e. The number of hydrogen-bond donors (Lipinski definition) is 1. The standard InChI is InChI=1S/C16H31N3O/c1-7-11-17-14(15(20-6)16(2,3)4)9-8-13-10-12-18-19(13)5/h10,12,14-15,17H,7-9,11H2,1-6H3. The third-order valence-electron chi connectivity index (χ3n) is 3.76. The van der Waals surface area contributed by atoms with Crippen LogP contribution in [-0.4, -0.2) is 35.6 Å². The van der Waals surface area contributed by atoms with E-state index in [1.54, 1.807) is 0 Å². The van der Waals surface area contributed by atoms with Gasteiger partial charge in [-0.1, -0.05) is 27.7 Å². The Morgan fingerprint density at radius 3 is 2.55 bits per heavy atom. The first kappa shape index (κ1) is 17.2. The number of methoxy groups -OCH3 is 1. The summed E-state index contributed by atoms with van der Waals surface area (Å²) in [4.78, 5) is 0. The van der Waals surface area contributed by atoms with Crippen molar-refractivity contribution >= 4 is 0 Å².